The second-order valence-corrected chi connectivity index (χ2v) is 5.58. The van der Waals surface area contributed by atoms with E-state index in [9.17, 15) is 8.42 Å². The molecule has 0 aliphatic carbocycles. The van der Waals surface area contributed by atoms with E-state index >= 15 is 0 Å². The van der Waals surface area contributed by atoms with E-state index in [0.29, 0.717) is 5.52 Å². The summed E-state index contributed by atoms with van der Waals surface area (Å²) in [5.74, 6) is 0.185. The number of pyridine rings is 1. The van der Waals surface area contributed by atoms with Crippen molar-refractivity contribution in [3.05, 3.63) is 48.8 Å². The zero-order chi connectivity index (χ0) is 13.3. The molecule has 2 aromatic heterocycles. The first-order valence-electron chi connectivity index (χ1n) is 5.53. The molecule has 7 heteroatoms. The average molecular weight is 274 g/mol. The maximum atomic E-state index is 12.1. The fraction of sp³-hybridized carbons (Fsp3) is 0. The normalized spacial score (nSPS) is 11.6. The second kappa shape index (κ2) is 4.36. The highest BCUT2D eigenvalue weighted by molar-refractivity contribution is 7.92. The van der Waals surface area contributed by atoms with Crippen LogP contribution < -0.4 is 4.72 Å². The van der Waals surface area contributed by atoms with Gasteiger partial charge in [-0.25, -0.2) is 18.1 Å². The van der Waals surface area contributed by atoms with Gasteiger partial charge in [-0.2, -0.15) is 0 Å². The minimum absolute atomic E-state index is 0.0930. The summed E-state index contributed by atoms with van der Waals surface area (Å²) in [6.07, 6.45) is 2.80. The number of para-hydroxylation sites is 2. The molecular weight excluding hydrogens is 264 g/mol. The van der Waals surface area contributed by atoms with E-state index in [1.165, 1.54) is 18.5 Å². The molecule has 0 aliphatic rings. The minimum atomic E-state index is -3.67. The predicted molar refractivity (Wildman–Crippen MR) is 71.1 cm³/mol. The van der Waals surface area contributed by atoms with Crippen molar-refractivity contribution in [2.24, 2.45) is 0 Å². The smallest absolute Gasteiger partial charge is 0.265 e. The summed E-state index contributed by atoms with van der Waals surface area (Å²) < 4.78 is 26.5. The van der Waals surface area contributed by atoms with Crippen LogP contribution in [0.1, 0.15) is 0 Å². The van der Waals surface area contributed by atoms with E-state index < -0.39 is 10.0 Å². The molecule has 0 aliphatic heterocycles. The molecular formula is C12H10N4O2S. The molecule has 0 radical (unpaired) electrons. The van der Waals surface area contributed by atoms with Crippen LogP contribution in [0, 0.1) is 0 Å². The summed E-state index contributed by atoms with van der Waals surface area (Å²) in [5.41, 5.74) is 1.47. The summed E-state index contributed by atoms with van der Waals surface area (Å²) in [4.78, 5) is 10.9. The first-order chi connectivity index (χ1) is 9.15. The number of anilines is 1. The van der Waals surface area contributed by atoms with Gasteiger partial charge in [-0.15, -0.1) is 0 Å². The molecule has 2 heterocycles. The summed E-state index contributed by atoms with van der Waals surface area (Å²) >= 11 is 0. The van der Waals surface area contributed by atoms with Crippen LogP contribution in [0.15, 0.2) is 53.7 Å². The molecule has 0 fully saturated rings. The first kappa shape index (κ1) is 11.7. The van der Waals surface area contributed by atoms with Gasteiger partial charge in [-0.3, -0.25) is 4.98 Å². The maximum absolute atomic E-state index is 12.1. The largest absolute Gasteiger partial charge is 0.323 e. The number of imidazole rings is 1. The van der Waals surface area contributed by atoms with Crippen LogP contribution in [0.3, 0.4) is 0 Å². The topological polar surface area (TPSA) is 87.7 Å². The Morgan fingerprint density at radius 3 is 2.68 bits per heavy atom. The van der Waals surface area contributed by atoms with Crippen molar-refractivity contribution in [3.63, 3.8) is 0 Å². The average Bonchev–Trinajstić information content (AvgIpc) is 2.81. The third kappa shape index (κ3) is 2.27. The maximum Gasteiger partial charge on any atom is 0.265 e. The van der Waals surface area contributed by atoms with Crippen molar-refractivity contribution in [2.75, 3.05) is 4.72 Å². The van der Waals surface area contributed by atoms with Crippen molar-refractivity contribution in [1.82, 2.24) is 15.0 Å². The molecule has 0 saturated carbocycles. The molecule has 3 aromatic rings. The van der Waals surface area contributed by atoms with E-state index in [1.807, 2.05) is 18.2 Å². The molecule has 0 atom stereocenters. The molecule has 2 N–H and O–H groups in total. The van der Waals surface area contributed by atoms with Crippen LogP contribution >= 0.6 is 0 Å². The van der Waals surface area contributed by atoms with E-state index in [0.717, 1.165) is 5.52 Å². The van der Waals surface area contributed by atoms with Crippen molar-refractivity contribution in [1.29, 1.82) is 0 Å². The second-order valence-electron chi connectivity index (χ2n) is 3.90. The molecule has 3 rings (SSSR count). The van der Waals surface area contributed by atoms with E-state index in [4.69, 9.17) is 0 Å². The molecule has 0 unspecified atom stereocenters. The lowest BCUT2D eigenvalue weighted by Crippen LogP contribution is -2.14. The zero-order valence-corrected chi connectivity index (χ0v) is 10.6. The Kier molecular flexibility index (Phi) is 2.68. The molecule has 0 bridgehead atoms. The standard InChI is InChI=1S/C12H10N4O2S/c17-19(18,9-4-3-7-13-8-9)16-12-14-10-5-1-2-6-11(10)15-12/h1-8H,(H2,14,15,16). The SMILES string of the molecule is O=S(=O)(Nc1nc2ccccc2[nH]1)c1cccnc1. The molecule has 6 nitrogen and oxygen atoms in total. The number of nitrogens with zero attached hydrogens (tertiary/aromatic N) is 2. The molecule has 19 heavy (non-hydrogen) atoms. The lowest BCUT2D eigenvalue weighted by molar-refractivity contribution is 0.600. The quantitative estimate of drug-likeness (QED) is 0.761. The number of fused-ring (bicyclic) bond motifs is 1. The lowest BCUT2D eigenvalue weighted by Gasteiger charge is -2.03. The molecule has 1 aromatic carbocycles. The highest BCUT2D eigenvalue weighted by Gasteiger charge is 2.15. The van der Waals surface area contributed by atoms with E-state index in [1.54, 1.807) is 12.1 Å². The van der Waals surface area contributed by atoms with Gasteiger partial charge in [-0.05, 0) is 24.3 Å². The number of hydrogen-bond acceptors (Lipinski definition) is 4. The number of sulfonamides is 1. The van der Waals surface area contributed by atoms with Crippen LogP contribution in [-0.2, 0) is 10.0 Å². The molecule has 96 valence electrons. The van der Waals surface area contributed by atoms with Crippen molar-refractivity contribution < 1.29 is 8.42 Å². The van der Waals surface area contributed by atoms with Gasteiger partial charge in [0.1, 0.15) is 4.90 Å². The van der Waals surface area contributed by atoms with Gasteiger partial charge in [0.15, 0.2) is 0 Å². The summed E-state index contributed by atoms with van der Waals surface area (Å²) in [6.45, 7) is 0. The minimum Gasteiger partial charge on any atom is -0.323 e. The van der Waals surface area contributed by atoms with Crippen LogP contribution in [0.2, 0.25) is 0 Å². The Morgan fingerprint density at radius 1 is 1.11 bits per heavy atom. The van der Waals surface area contributed by atoms with Gasteiger partial charge in [-0.1, -0.05) is 12.1 Å². The Morgan fingerprint density at radius 2 is 1.95 bits per heavy atom. The van der Waals surface area contributed by atoms with Crippen LogP contribution in [0.5, 0.6) is 0 Å². The van der Waals surface area contributed by atoms with Gasteiger partial charge in [0.05, 0.1) is 11.0 Å². The first-order valence-corrected chi connectivity index (χ1v) is 7.01. The van der Waals surface area contributed by atoms with Gasteiger partial charge in [0.25, 0.3) is 10.0 Å². The fourth-order valence-corrected chi connectivity index (χ4v) is 2.62. The highest BCUT2D eigenvalue weighted by Crippen LogP contribution is 2.16. The van der Waals surface area contributed by atoms with Gasteiger partial charge >= 0.3 is 0 Å². The number of H-pyrrole nitrogens is 1. The van der Waals surface area contributed by atoms with Crippen molar-refractivity contribution >= 4 is 27.0 Å². The highest BCUT2D eigenvalue weighted by atomic mass is 32.2. The third-order valence-corrected chi connectivity index (χ3v) is 3.89. The van der Waals surface area contributed by atoms with Crippen LogP contribution in [0.4, 0.5) is 5.95 Å². The van der Waals surface area contributed by atoms with Gasteiger partial charge in [0.2, 0.25) is 5.95 Å². The van der Waals surface area contributed by atoms with Crippen LogP contribution in [-0.4, -0.2) is 23.4 Å². The summed E-state index contributed by atoms with van der Waals surface area (Å²) in [6, 6.07) is 10.3. The number of hydrogen-bond donors (Lipinski definition) is 2. The summed E-state index contributed by atoms with van der Waals surface area (Å²) in [7, 11) is -3.67. The van der Waals surface area contributed by atoms with E-state index in [2.05, 4.69) is 19.7 Å². The molecule has 0 amide bonds. The van der Waals surface area contributed by atoms with Gasteiger partial charge < -0.3 is 4.98 Å². The summed E-state index contributed by atoms with van der Waals surface area (Å²) in [5, 5.41) is 0. The Balaban J connectivity index is 1.97. The molecule has 0 saturated heterocycles. The lowest BCUT2D eigenvalue weighted by atomic mass is 10.3. The third-order valence-electron chi connectivity index (χ3n) is 2.57. The van der Waals surface area contributed by atoms with Gasteiger partial charge in [0, 0.05) is 12.4 Å². The Bertz CT molecular complexity index is 779. The van der Waals surface area contributed by atoms with Crippen molar-refractivity contribution in [3.8, 4) is 0 Å². The van der Waals surface area contributed by atoms with Crippen molar-refractivity contribution in [2.45, 2.75) is 4.90 Å². The number of benzene rings is 1. The van der Waals surface area contributed by atoms with Crippen LogP contribution in [0.25, 0.3) is 11.0 Å². The zero-order valence-electron chi connectivity index (χ0n) is 9.74. The number of nitrogens with one attached hydrogen (secondary N) is 2. The monoisotopic (exact) mass is 274 g/mol. The Hall–Kier alpha value is -2.41. The molecule has 0 spiro atoms. The predicted octanol–water partition coefficient (Wildman–Crippen LogP) is 1.76. The number of aromatic nitrogens is 3. The number of aromatic amines is 1. The van der Waals surface area contributed by atoms with E-state index in [-0.39, 0.29) is 10.8 Å². The number of rotatable bonds is 3. The Labute approximate surface area is 109 Å². The fourth-order valence-electron chi connectivity index (χ4n) is 1.69.